The Morgan fingerprint density at radius 3 is 2.50 bits per heavy atom. The average Bonchev–Trinajstić information content (AvgIpc) is 2.39. The molecule has 18 heavy (non-hydrogen) atoms. The highest BCUT2D eigenvalue weighted by atomic mass is 16.3. The molecule has 2 heteroatoms. The number of Topliss-reactive ketones (excluding diaryl/α,β-unsaturated/α-hetero) is 1. The zero-order valence-corrected chi connectivity index (χ0v) is 11.3. The van der Waals surface area contributed by atoms with Gasteiger partial charge in [0, 0.05) is 11.5 Å². The van der Waals surface area contributed by atoms with Gasteiger partial charge in [-0.05, 0) is 42.5 Å². The number of benzene rings is 1. The minimum absolute atomic E-state index is 0.198. The largest absolute Gasteiger partial charge is 0.508 e. The van der Waals surface area contributed by atoms with Gasteiger partial charge in [0.2, 0.25) is 0 Å². The molecule has 0 spiro atoms. The summed E-state index contributed by atoms with van der Waals surface area (Å²) in [6.07, 6.45) is 5.65. The number of aromatic hydroxyl groups is 1. The average molecular weight is 246 g/mol. The molecule has 1 aliphatic rings. The smallest absolute Gasteiger partial charge is 0.165 e. The van der Waals surface area contributed by atoms with E-state index >= 15 is 0 Å². The van der Waals surface area contributed by atoms with Gasteiger partial charge in [-0.1, -0.05) is 33.1 Å². The van der Waals surface area contributed by atoms with Crippen LogP contribution in [0.4, 0.5) is 0 Å². The summed E-state index contributed by atoms with van der Waals surface area (Å²) >= 11 is 0. The van der Waals surface area contributed by atoms with Crippen LogP contribution in [0.1, 0.15) is 67.8 Å². The first-order valence-corrected chi connectivity index (χ1v) is 6.96. The second kappa shape index (κ2) is 5.55. The van der Waals surface area contributed by atoms with Crippen molar-refractivity contribution in [2.24, 2.45) is 5.92 Å². The Morgan fingerprint density at radius 2 is 1.89 bits per heavy atom. The van der Waals surface area contributed by atoms with Crippen molar-refractivity contribution >= 4 is 5.78 Å². The Hall–Kier alpha value is -1.31. The molecule has 1 aromatic rings. The summed E-state index contributed by atoms with van der Waals surface area (Å²) in [6.45, 7) is 4.06. The van der Waals surface area contributed by atoms with Crippen LogP contribution in [0.2, 0.25) is 0 Å². The molecule has 1 aliphatic carbocycles. The van der Waals surface area contributed by atoms with Gasteiger partial charge in [-0.15, -0.1) is 0 Å². The lowest BCUT2D eigenvalue weighted by molar-refractivity contribution is 0.0889. The summed E-state index contributed by atoms with van der Waals surface area (Å²) in [5.41, 5.74) is 1.64. The first-order chi connectivity index (χ1) is 8.59. The maximum absolute atomic E-state index is 12.4. The molecular weight excluding hydrogens is 224 g/mol. The quantitative estimate of drug-likeness (QED) is 0.808. The Kier molecular flexibility index (Phi) is 4.05. The number of ketones is 1. The predicted octanol–water partition coefficient (Wildman–Crippen LogP) is 4.28. The van der Waals surface area contributed by atoms with Crippen molar-refractivity contribution in [2.45, 2.75) is 51.9 Å². The molecular formula is C16H22O2. The Bertz CT molecular complexity index is 429. The molecule has 1 saturated carbocycles. The molecule has 0 saturated heterocycles. The summed E-state index contributed by atoms with van der Waals surface area (Å²) in [5.74, 6) is 0.995. The lowest BCUT2D eigenvalue weighted by Gasteiger charge is -2.21. The summed E-state index contributed by atoms with van der Waals surface area (Å²) in [5, 5.41) is 9.79. The van der Waals surface area contributed by atoms with Gasteiger partial charge in [0.1, 0.15) is 5.75 Å². The normalized spacial score (nSPS) is 17.1. The number of phenols is 1. The van der Waals surface area contributed by atoms with E-state index in [2.05, 4.69) is 0 Å². The summed E-state index contributed by atoms with van der Waals surface area (Å²) in [7, 11) is 0. The van der Waals surface area contributed by atoms with E-state index in [1.54, 1.807) is 12.1 Å². The van der Waals surface area contributed by atoms with Gasteiger partial charge < -0.3 is 5.11 Å². The van der Waals surface area contributed by atoms with E-state index in [-0.39, 0.29) is 17.6 Å². The maximum atomic E-state index is 12.4. The van der Waals surface area contributed by atoms with Crippen molar-refractivity contribution in [1.82, 2.24) is 0 Å². The number of carbonyl (C=O) groups is 1. The minimum Gasteiger partial charge on any atom is -0.508 e. The van der Waals surface area contributed by atoms with Crippen LogP contribution in [0.25, 0.3) is 0 Å². The molecule has 0 heterocycles. The number of carbonyl (C=O) groups excluding carboxylic acids is 1. The highest BCUT2D eigenvalue weighted by molar-refractivity contribution is 5.98. The fraction of sp³-hybridized carbons (Fsp3) is 0.562. The fourth-order valence-electron chi connectivity index (χ4n) is 2.77. The molecule has 1 fully saturated rings. The molecule has 0 amide bonds. The third kappa shape index (κ3) is 2.74. The molecule has 0 radical (unpaired) electrons. The fourth-order valence-corrected chi connectivity index (χ4v) is 2.77. The van der Waals surface area contributed by atoms with E-state index in [1.165, 1.54) is 19.3 Å². The van der Waals surface area contributed by atoms with Gasteiger partial charge in [-0.25, -0.2) is 0 Å². The van der Waals surface area contributed by atoms with Crippen LogP contribution in [-0.4, -0.2) is 10.9 Å². The Balaban J connectivity index is 2.22. The Morgan fingerprint density at radius 1 is 1.22 bits per heavy atom. The molecule has 0 atom stereocenters. The van der Waals surface area contributed by atoms with Crippen molar-refractivity contribution in [3.05, 3.63) is 29.3 Å². The maximum Gasteiger partial charge on any atom is 0.165 e. The summed E-state index contributed by atoms with van der Waals surface area (Å²) < 4.78 is 0. The van der Waals surface area contributed by atoms with Crippen LogP contribution < -0.4 is 0 Å². The number of hydrogen-bond donors (Lipinski definition) is 1. The van der Waals surface area contributed by atoms with Gasteiger partial charge >= 0.3 is 0 Å². The summed E-state index contributed by atoms with van der Waals surface area (Å²) in [6, 6.07) is 5.29. The van der Waals surface area contributed by atoms with E-state index < -0.39 is 0 Å². The van der Waals surface area contributed by atoms with E-state index in [0.29, 0.717) is 5.75 Å². The summed E-state index contributed by atoms with van der Waals surface area (Å²) in [4.78, 5) is 12.4. The van der Waals surface area contributed by atoms with Crippen LogP contribution in [0.5, 0.6) is 5.75 Å². The minimum atomic E-state index is 0.198. The van der Waals surface area contributed by atoms with Gasteiger partial charge in [0.05, 0.1) is 0 Å². The Labute approximate surface area is 109 Å². The third-order valence-corrected chi connectivity index (χ3v) is 3.91. The van der Waals surface area contributed by atoms with Crippen LogP contribution in [0.3, 0.4) is 0 Å². The van der Waals surface area contributed by atoms with Crippen molar-refractivity contribution < 1.29 is 9.90 Å². The zero-order valence-electron chi connectivity index (χ0n) is 11.3. The lowest BCUT2D eigenvalue weighted by atomic mass is 9.83. The molecule has 1 N–H and O–H groups in total. The highest BCUT2D eigenvalue weighted by Crippen LogP contribution is 2.30. The van der Waals surface area contributed by atoms with Gasteiger partial charge in [-0.2, -0.15) is 0 Å². The molecule has 0 bridgehead atoms. The van der Waals surface area contributed by atoms with Crippen molar-refractivity contribution in [2.75, 3.05) is 0 Å². The van der Waals surface area contributed by atoms with E-state index in [0.717, 1.165) is 24.0 Å². The molecule has 0 aliphatic heterocycles. The number of hydrogen-bond acceptors (Lipinski definition) is 2. The lowest BCUT2D eigenvalue weighted by Crippen LogP contribution is -2.18. The molecule has 2 nitrogen and oxygen atoms in total. The monoisotopic (exact) mass is 246 g/mol. The van der Waals surface area contributed by atoms with Crippen LogP contribution in [0, 0.1) is 5.92 Å². The second-order valence-electron chi connectivity index (χ2n) is 5.63. The van der Waals surface area contributed by atoms with Gasteiger partial charge in [-0.3, -0.25) is 4.79 Å². The van der Waals surface area contributed by atoms with Gasteiger partial charge in [0.15, 0.2) is 5.78 Å². The van der Waals surface area contributed by atoms with Crippen molar-refractivity contribution in [3.63, 3.8) is 0 Å². The van der Waals surface area contributed by atoms with E-state index in [1.807, 2.05) is 19.9 Å². The SMILES string of the molecule is CC(C)c1cc(C(=O)C2CCCCC2)ccc1O. The molecule has 98 valence electrons. The van der Waals surface area contributed by atoms with Gasteiger partial charge in [0.25, 0.3) is 0 Å². The van der Waals surface area contributed by atoms with Crippen molar-refractivity contribution in [3.8, 4) is 5.75 Å². The molecule has 1 aromatic carbocycles. The highest BCUT2D eigenvalue weighted by Gasteiger charge is 2.23. The van der Waals surface area contributed by atoms with Crippen LogP contribution >= 0.6 is 0 Å². The first kappa shape index (κ1) is 13.1. The second-order valence-corrected chi connectivity index (χ2v) is 5.63. The number of rotatable bonds is 3. The van der Waals surface area contributed by atoms with E-state index in [4.69, 9.17) is 0 Å². The first-order valence-electron chi connectivity index (χ1n) is 6.96. The molecule has 2 rings (SSSR count). The predicted molar refractivity (Wildman–Crippen MR) is 73.1 cm³/mol. The van der Waals surface area contributed by atoms with Crippen molar-refractivity contribution in [1.29, 1.82) is 0 Å². The van der Waals surface area contributed by atoms with Crippen LogP contribution in [0.15, 0.2) is 18.2 Å². The number of phenolic OH excluding ortho intramolecular Hbond substituents is 1. The standard InChI is InChI=1S/C16H22O2/c1-11(2)14-10-13(8-9-15(14)17)16(18)12-6-4-3-5-7-12/h8-12,17H,3-7H2,1-2H3. The topological polar surface area (TPSA) is 37.3 Å². The third-order valence-electron chi connectivity index (χ3n) is 3.91. The van der Waals surface area contributed by atoms with Crippen LogP contribution in [-0.2, 0) is 0 Å². The zero-order chi connectivity index (χ0) is 13.1. The van der Waals surface area contributed by atoms with E-state index in [9.17, 15) is 9.90 Å². The molecule has 0 unspecified atom stereocenters. The molecule has 0 aromatic heterocycles.